The first-order valence-electron chi connectivity index (χ1n) is 41.6. The lowest BCUT2D eigenvalue weighted by atomic mass is 9.80. The Balaban J connectivity index is 0.000000150. The van der Waals surface area contributed by atoms with Gasteiger partial charge in [0.15, 0.2) is 34.9 Å². The van der Waals surface area contributed by atoms with Crippen LogP contribution in [0.3, 0.4) is 0 Å². The fourth-order valence-electron chi connectivity index (χ4n) is 18.2. The van der Waals surface area contributed by atoms with Crippen LogP contribution in [0.2, 0.25) is 0 Å². The summed E-state index contributed by atoms with van der Waals surface area (Å²) in [7, 11) is 0. The van der Waals surface area contributed by atoms with Gasteiger partial charge >= 0.3 is 0 Å². The van der Waals surface area contributed by atoms with Gasteiger partial charge in [0.2, 0.25) is 0 Å². The van der Waals surface area contributed by atoms with Crippen molar-refractivity contribution in [3.05, 3.63) is 435 Å². The molecule has 0 fully saturated rings. The van der Waals surface area contributed by atoms with Gasteiger partial charge in [-0.1, -0.05) is 367 Å². The summed E-state index contributed by atoms with van der Waals surface area (Å²) >= 11 is 0. The topological polar surface area (TPSA) is 103 Å². The normalized spacial score (nSPS) is 12.6. The molecule has 4 aromatic heterocycles. The third-order valence-corrected chi connectivity index (χ3v) is 24.3. The van der Waals surface area contributed by atoms with Crippen molar-refractivity contribution in [1.82, 2.24) is 39.9 Å². The van der Waals surface area contributed by atoms with Crippen LogP contribution in [0, 0.1) is 0 Å². The second-order valence-electron chi connectivity index (χ2n) is 32.5. The molecule has 4 heterocycles. The van der Waals surface area contributed by atoms with Crippen LogP contribution in [0.1, 0.15) is 49.9 Å². The Bertz CT molecular complexity index is 7410. The van der Waals surface area contributed by atoms with Crippen LogP contribution in [0.25, 0.3) is 201 Å². The number of nitrogens with zero attached hydrogens (tertiary/aromatic N) is 8. The molecule has 0 unspecified atom stereocenters. The Kier molecular flexibility index (Phi) is 18.8. The molecule has 0 radical (unpaired) electrons. The van der Waals surface area contributed by atoms with E-state index < -0.39 is 0 Å². The van der Waals surface area contributed by atoms with Gasteiger partial charge in [0, 0.05) is 67.7 Å². The maximum Gasteiger partial charge on any atom is 0.165 e. The molecule has 122 heavy (non-hydrogen) atoms. The predicted molar refractivity (Wildman–Crippen MR) is 501 cm³/mol. The fraction of sp³-hybridized carbons (Fsp3) is 0.0526. The second-order valence-corrected chi connectivity index (χ2v) is 32.5. The van der Waals surface area contributed by atoms with Gasteiger partial charge in [-0.3, -0.25) is 9.97 Å². The van der Waals surface area contributed by atoms with E-state index in [1.807, 2.05) is 122 Å². The highest BCUT2D eigenvalue weighted by atomic mass is 15.0. The molecule has 0 saturated heterocycles. The average molecular weight is 1560 g/mol. The van der Waals surface area contributed by atoms with Gasteiger partial charge in [0.1, 0.15) is 0 Å². The molecule has 0 N–H and O–H groups in total. The Hall–Kier alpha value is -15.6. The summed E-state index contributed by atoms with van der Waals surface area (Å²) in [5.74, 6) is 3.67. The molecule has 0 amide bonds. The van der Waals surface area contributed by atoms with Crippen LogP contribution in [-0.2, 0) is 10.8 Å². The summed E-state index contributed by atoms with van der Waals surface area (Å²) in [6.45, 7) is 9.46. The molecule has 0 aliphatic heterocycles. The third kappa shape index (κ3) is 13.8. The predicted octanol–water partition coefficient (Wildman–Crippen LogP) is 28.8. The zero-order valence-electron chi connectivity index (χ0n) is 67.8. The standard InChI is InChI=1S/2C57H40N4/c1-57(2)49-28-14-27-48(53(49)52-47-26-10-9-15-37(47)29-31-50(52)57)44-24-12-22-42(34-44)40-20-11-21-41(33-40)43-23-13-25-45(35-43)55-59-54(39-18-7-4-8-19-39)60-56(61-55)46-30-32-51(58-36-46)38-16-5-3-6-17-38;1-57(2)50-25-13-24-47(52(50)49-32-31-37-14-6-7-23-48(37)53(49)57)45-21-11-19-43(35-45)41-17-10-18-42(34-41)44-20-12-22-46(36-44)56-60-54(39-15-4-3-5-16-39)59-55(61-56)40-29-27-38(28-30-40)51-26-8-9-33-58-51/h2*3-36H,1-2H3. The van der Waals surface area contributed by atoms with Gasteiger partial charge in [-0.05, 0) is 193 Å². The molecule has 576 valence electrons. The van der Waals surface area contributed by atoms with Crippen molar-refractivity contribution in [1.29, 1.82) is 0 Å². The molecule has 8 heteroatoms. The van der Waals surface area contributed by atoms with Gasteiger partial charge < -0.3 is 0 Å². The number of benzene rings is 16. The van der Waals surface area contributed by atoms with Crippen molar-refractivity contribution in [3.8, 4) is 180 Å². The smallest absolute Gasteiger partial charge is 0.165 e. The fourth-order valence-corrected chi connectivity index (χ4v) is 18.2. The minimum atomic E-state index is -0.111. The lowest BCUT2D eigenvalue weighted by molar-refractivity contribution is 0.661. The summed E-state index contributed by atoms with van der Waals surface area (Å²) in [5.41, 5.74) is 34.1. The van der Waals surface area contributed by atoms with E-state index in [0.29, 0.717) is 34.9 Å². The van der Waals surface area contributed by atoms with E-state index in [4.69, 9.17) is 34.9 Å². The maximum atomic E-state index is 5.06. The quantitative estimate of drug-likeness (QED) is 0.106. The van der Waals surface area contributed by atoms with Crippen LogP contribution in [0.15, 0.2) is 413 Å². The largest absolute Gasteiger partial charge is 0.256 e. The molecule has 0 spiro atoms. The minimum absolute atomic E-state index is 0.0947. The Morgan fingerprint density at radius 1 is 0.189 bits per heavy atom. The first-order valence-corrected chi connectivity index (χ1v) is 41.6. The van der Waals surface area contributed by atoms with E-state index in [1.165, 1.54) is 99.4 Å². The average Bonchev–Trinajstić information content (AvgIpc) is 1.56. The molecule has 0 bridgehead atoms. The van der Waals surface area contributed by atoms with E-state index in [9.17, 15) is 0 Å². The van der Waals surface area contributed by atoms with E-state index in [-0.39, 0.29) is 10.8 Å². The zero-order valence-corrected chi connectivity index (χ0v) is 67.8. The number of pyridine rings is 2. The Labute approximate surface area is 710 Å². The number of hydrogen-bond donors (Lipinski definition) is 0. The lowest BCUT2D eigenvalue weighted by Gasteiger charge is -2.23. The van der Waals surface area contributed by atoms with E-state index in [0.717, 1.165) is 89.3 Å². The van der Waals surface area contributed by atoms with Crippen molar-refractivity contribution < 1.29 is 0 Å². The zero-order chi connectivity index (χ0) is 81.8. The van der Waals surface area contributed by atoms with Crippen molar-refractivity contribution in [2.24, 2.45) is 0 Å². The van der Waals surface area contributed by atoms with Gasteiger partial charge in [0.25, 0.3) is 0 Å². The molecule has 0 saturated carbocycles. The number of fused-ring (bicyclic) bond motifs is 10. The SMILES string of the molecule is CC1(C)c2cccc(-c3cccc(-c4cccc(-c5cccc(-c6nc(-c7ccccc7)nc(-c7ccc(-c8ccccc8)nc7)n6)c5)c4)c3)c2-c2c1ccc1ccccc21.CC1(C)c2cccc(-c3cccc(-c4cccc(-c5cccc(-c6nc(-c7ccccc7)nc(-c7ccc(-c8ccccn8)cc7)n6)c5)c4)c3)c2-c2ccc3ccccc3c21. The van der Waals surface area contributed by atoms with Crippen molar-refractivity contribution in [2.45, 2.75) is 38.5 Å². The van der Waals surface area contributed by atoms with Crippen molar-refractivity contribution in [3.63, 3.8) is 0 Å². The minimum Gasteiger partial charge on any atom is -0.256 e. The summed E-state index contributed by atoms with van der Waals surface area (Å²) in [5, 5.41) is 5.20. The Morgan fingerprint density at radius 3 is 1.02 bits per heavy atom. The van der Waals surface area contributed by atoms with E-state index >= 15 is 0 Å². The molecular weight excluding hydrogens is 1480 g/mol. The molecule has 20 aromatic rings. The van der Waals surface area contributed by atoms with Gasteiger partial charge in [-0.25, -0.2) is 29.9 Å². The first kappa shape index (κ1) is 73.9. The monoisotopic (exact) mass is 1560 g/mol. The highest BCUT2D eigenvalue weighted by Crippen LogP contribution is 2.57. The van der Waals surface area contributed by atoms with E-state index in [1.54, 1.807) is 0 Å². The molecular formula is C114H80N8. The van der Waals surface area contributed by atoms with Gasteiger partial charge in [-0.15, -0.1) is 0 Å². The summed E-state index contributed by atoms with van der Waals surface area (Å²) in [4.78, 5) is 39.4. The maximum absolute atomic E-state index is 5.06. The number of rotatable bonds is 14. The van der Waals surface area contributed by atoms with Crippen LogP contribution in [0.4, 0.5) is 0 Å². The number of hydrogen-bond acceptors (Lipinski definition) is 8. The van der Waals surface area contributed by atoms with Gasteiger partial charge in [-0.2, -0.15) is 0 Å². The highest BCUT2D eigenvalue weighted by molar-refractivity contribution is 6.07. The van der Waals surface area contributed by atoms with Crippen molar-refractivity contribution in [2.75, 3.05) is 0 Å². The van der Waals surface area contributed by atoms with Crippen LogP contribution in [-0.4, -0.2) is 39.9 Å². The van der Waals surface area contributed by atoms with E-state index in [2.05, 4.69) is 324 Å². The molecule has 2 aliphatic rings. The first-order chi connectivity index (χ1) is 59.9. The van der Waals surface area contributed by atoms with Crippen molar-refractivity contribution >= 4 is 21.5 Å². The molecule has 0 atom stereocenters. The second kappa shape index (κ2) is 31.0. The lowest BCUT2D eigenvalue weighted by Crippen LogP contribution is -2.15. The molecule has 16 aromatic carbocycles. The highest BCUT2D eigenvalue weighted by Gasteiger charge is 2.40. The summed E-state index contributed by atoms with van der Waals surface area (Å²) < 4.78 is 0. The number of aromatic nitrogens is 8. The molecule has 2 aliphatic carbocycles. The Morgan fingerprint density at radius 2 is 0.525 bits per heavy atom. The summed E-state index contributed by atoms with van der Waals surface area (Å²) in [6, 6.07) is 142. The van der Waals surface area contributed by atoms with Crippen LogP contribution >= 0.6 is 0 Å². The molecule has 22 rings (SSSR count). The van der Waals surface area contributed by atoms with Crippen LogP contribution < -0.4 is 0 Å². The molecule has 8 nitrogen and oxygen atoms in total. The van der Waals surface area contributed by atoms with Crippen LogP contribution in [0.5, 0.6) is 0 Å². The third-order valence-electron chi connectivity index (χ3n) is 24.3. The van der Waals surface area contributed by atoms with Gasteiger partial charge in [0.05, 0.1) is 11.4 Å². The summed E-state index contributed by atoms with van der Waals surface area (Å²) in [6.07, 6.45) is 3.66.